The van der Waals surface area contributed by atoms with Gasteiger partial charge in [-0.2, -0.15) is 0 Å². The maximum Gasteiger partial charge on any atom is 0.248 e. The standard InChI is InChI=1S/C23H35N3O3/c1-28-15-16-29-17-21(27)25-13-7-20(8-14-25)26-18-23(9-3-2-4-10-23)22(26)19-5-11-24-12-6-19/h5-6,11-12,20,22H,2-4,7-10,13-18H2,1H3. The van der Waals surface area contributed by atoms with E-state index >= 15 is 0 Å². The summed E-state index contributed by atoms with van der Waals surface area (Å²) in [4.78, 5) is 21.3. The normalized spacial score (nSPS) is 25.1. The van der Waals surface area contributed by atoms with Gasteiger partial charge in [0.2, 0.25) is 5.91 Å². The van der Waals surface area contributed by atoms with Gasteiger partial charge in [-0.3, -0.25) is 14.7 Å². The first kappa shape index (κ1) is 20.8. The third kappa shape index (κ3) is 4.49. The monoisotopic (exact) mass is 401 g/mol. The number of hydrogen-bond acceptors (Lipinski definition) is 5. The van der Waals surface area contributed by atoms with Crippen LogP contribution in [-0.4, -0.2) is 73.3 Å². The SMILES string of the molecule is COCCOCC(=O)N1CCC(N2CC3(CCCCC3)C2c2ccncc2)CC1. The summed E-state index contributed by atoms with van der Waals surface area (Å²) in [6, 6.07) is 5.52. The third-order valence-electron chi connectivity index (χ3n) is 7.22. The lowest BCUT2D eigenvalue weighted by atomic mass is 9.60. The van der Waals surface area contributed by atoms with Crippen LogP contribution in [0.2, 0.25) is 0 Å². The van der Waals surface area contributed by atoms with E-state index in [2.05, 4.69) is 22.0 Å². The Kier molecular flexibility index (Phi) is 6.83. The van der Waals surface area contributed by atoms with E-state index in [0.717, 1.165) is 25.9 Å². The molecular weight excluding hydrogens is 366 g/mol. The second-order valence-electron chi connectivity index (χ2n) is 8.94. The lowest BCUT2D eigenvalue weighted by Gasteiger charge is -2.63. The molecule has 0 radical (unpaired) electrons. The van der Waals surface area contributed by atoms with Gasteiger partial charge in [-0.15, -0.1) is 0 Å². The highest BCUT2D eigenvalue weighted by Crippen LogP contribution is 2.58. The zero-order valence-electron chi connectivity index (χ0n) is 17.7. The van der Waals surface area contributed by atoms with Crippen molar-refractivity contribution in [3.05, 3.63) is 30.1 Å². The van der Waals surface area contributed by atoms with Crippen LogP contribution in [0.5, 0.6) is 0 Å². The van der Waals surface area contributed by atoms with E-state index in [4.69, 9.17) is 9.47 Å². The van der Waals surface area contributed by atoms with Crippen molar-refractivity contribution in [3.8, 4) is 0 Å². The van der Waals surface area contributed by atoms with Gasteiger partial charge in [0.25, 0.3) is 0 Å². The van der Waals surface area contributed by atoms with Crippen LogP contribution in [0.25, 0.3) is 0 Å². The number of amides is 1. The van der Waals surface area contributed by atoms with E-state index in [-0.39, 0.29) is 12.5 Å². The number of carbonyl (C=O) groups excluding carboxylic acids is 1. The molecule has 1 amide bonds. The number of rotatable bonds is 7. The molecule has 1 spiro atoms. The molecule has 0 aromatic carbocycles. The smallest absolute Gasteiger partial charge is 0.248 e. The molecule has 6 heteroatoms. The van der Waals surface area contributed by atoms with Crippen molar-refractivity contribution in [1.29, 1.82) is 0 Å². The summed E-state index contributed by atoms with van der Waals surface area (Å²) in [5.74, 6) is 0.109. The molecule has 0 bridgehead atoms. The van der Waals surface area contributed by atoms with Crippen LogP contribution in [0, 0.1) is 5.41 Å². The highest BCUT2D eigenvalue weighted by atomic mass is 16.5. The number of aromatic nitrogens is 1. The van der Waals surface area contributed by atoms with Crippen molar-refractivity contribution in [2.24, 2.45) is 5.41 Å². The molecule has 3 fully saturated rings. The zero-order valence-corrected chi connectivity index (χ0v) is 17.7. The molecule has 1 unspecified atom stereocenters. The molecule has 0 N–H and O–H groups in total. The number of piperidine rings is 1. The minimum Gasteiger partial charge on any atom is -0.382 e. The van der Waals surface area contributed by atoms with E-state index in [1.54, 1.807) is 7.11 Å². The molecule has 4 rings (SSSR count). The number of carbonyl (C=O) groups is 1. The molecule has 6 nitrogen and oxygen atoms in total. The first-order valence-electron chi connectivity index (χ1n) is 11.2. The number of hydrogen-bond donors (Lipinski definition) is 0. The molecule has 2 aliphatic heterocycles. The Bertz CT molecular complexity index is 655. The summed E-state index contributed by atoms with van der Waals surface area (Å²) in [5.41, 5.74) is 1.89. The first-order chi connectivity index (χ1) is 14.2. The van der Waals surface area contributed by atoms with Gasteiger partial charge in [-0.05, 0) is 43.4 Å². The van der Waals surface area contributed by atoms with E-state index in [1.807, 2.05) is 17.3 Å². The lowest BCUT2D eigenvalue weighted by Crippen LogP contribution is -2.64. The number of nitrogens with zero attached hydrogens (tertiary/aromatic N) is 3. The van der Waals surface area contributed by atoms with Gasteiger partial charge in [-0.25, -0.2) is 0 Å². The van der Waals surface area contributed by atoms with Crippen molar-refractivity contribution in [2.75, 3.05) is 46.6 Å². The number of methoxy groups -OCH3 is 1. The van der Waals surface area contributed by atoms with Gasteiger partial charge in [0.15, 0.2) is 0 Å². The molecule has 1 atom stereocenters. The minimum atomic E-state index is 0.109. The number of ether oxygens (including phenoxy) is 2. The highest BCUT2D eigenvalue weighted by Gasteiger charge is 2.54. The molecule has 1 aromatic rings. The second-order valence-corrected chi connectivity index (χ2v) is 8.94. The number of pyridine rings is 1. The summed E-state index contributed by atoms with van der Waals surface area (Å²) in [7, 11) is 1.64. The highest BCUT2D eigenvalue weighted by molar-refractivity contribution is 5.77. The van der Waals surface area contributed by atoms with Gasteiger partial charge in [-0.1, -0.05) is 19.3 Å². The fraction of sp³-hybridized carbons (Fsp3) is 0.739. The molecule has 3 aliphatic rings. The Hall–Kier alpha value is -1.50. The van der Waals surface area contributed by atoms with E-state index in [9.17, 15) is 4.79 Å². The molecule has 160 valence electrons. The molecule has 1 saturated carbocycles. The Morgan fingerprint density at radius 2 is 1.86 bits per heavy atom. The van der Waals surface area contributed by atoms with Crippen molar-refractivity contribution in [2.45, 2.75) is 57.0 Å². The van der Waals surface area contributed by atoms with Crippen LogP contribution in [0.15, 0.2) is 24.5 Å². The van der Waals surface area contributed by atoms with Crippen LogP contribution >= 0.6 is 0 Å². The van der Waals surface area contributed by atoms with Gasteiger partial charge in [0.1, 0.15) is 6.61 Å². The Morgan fingerprint density at radius 1 is 1.14 bits per heavy atom. The Balaban J connectivity index is 1.35. The lowest BCUT2D eigenvalue weighted by molar-refractivity contribution is -0.146. The molecule has 1 aromatic heterocycles. The van der Waals surface area contributed by atoms with Crippen molar-refractivity contribution < 1.29 is 14.3 Å². The molecule has 29 heavy (non-hydrogen) atoms. The first-order valence-corrected chi connectivity index (χ1v) is 11.2. The largest absolute Gasteiger partial charge is 0.382 e. The van der Waals surface area contributed by atoms with Crippen molar-refractivity contribution in [3.63, 3.8) is 0 Å². The summed E-state index contributed by atoms with van der Waals surface area (Å²) in [6.07, 6.45) is 12.8. The predicted octanol–water partition coefficient (Wildman–Crippen LogP) is 3.04. The maximum atomic E-state index is 12.4. The van der Waals surface area contributed by atoms with Crippen LogP contribution < -0.4 is 0 Å². The van der Waals surface area contributed by atoms with Gasteiger partial charge in [0.05, 0.1) is 13.2 Å². The van der Waals surface area contributed by atoms with Crippen LogP contribution in [0.3, 0.4) is 0 Å². The summed E-state index contributed by atoms with van der Waals surface area (Å²) < 4.78 is 10.4. The molecule has 2 saturated heterocycles. The average Bonchev–Trinajstić information content (AvgIpc) is 2.76. The second kappa shape index (κ2) is 9.54. The summed E-state index contributed by atoms with van der Waals surface area (Å²) in [6.45, 7) is 4.07. The predicted molar refractivity (Wildman–Crippen MR) is 111 cm³/mol. The Morgan fingerprint density at radius 3 is 2.55 bits per heavy atom. The topological polar surface area (TPSA) is 54.9 Å². The van der Waals surface area contributed by atoms with Crippen molar-refractivity contribution in [1.82, 2.24) is 14.8 Å². The minimum absolute atomic E-state index is 0.109. The Labute approximate surface area is 174 Å². The van der Waals surface area contributed by atoms with E-state index in [0.29, 0.717) is 30.7 Å². The van der Waals surface area contributed by atoms with Gasteiger partial charge in [0, 0.05) is 56.6 Å². The molecular formula is C23H35N3O3. The quantitative estimate of drug-likeness (QED) is 0.658. The van der Waals surface area contributed by atoms with Gasteiger partial charge >= 0.3 is 0 Å². The van der Waals surface area contributed by atoms with E-state index < -0.39 is 0 Å². The molecule has 1 aliphatic carbocycles. The fourth-order valence-corrected chi connectivity index (χ4v) is 5.74. The summed E-state index contributed by atoms with van der Waals surface area (Å²) in [5, 5.41) is 0. The average molecular weight is 402 g/mol. The van der Waals surface area contributed by atoms with E-state index in [1.165, 1.54) is 44.2 Å². The van der Waals surface area contributed by atoms with Crippen molar-refractivity contribution >= 4 is 5.91 Å². The molecule has 3 heterocycles. The maximum absolute atomic E-state index is 12.4. The van der Waals surface area contributed by atoms with Gasteiger partial charge < -0.3 is 14.4 Å². The third-order valence-corrected chi connectivity index (χ3v) is 7.22. The van der Waals surface area contributed by atoms with Crippen LogP contribution in [0.1, 0.15) is 56.6 Å². The summed E-state index contributed by atoms with van der Waals surface area (Å²) >= 11 is 0. The zero-order chi connectivity index (χ0) is 20.1. The van der Waals surface area contributed by atoms with Crippen LogP contribution in [0.4, 0.5) is 0 Å². The fourth-order valence-electron chi connectivity index (χ4n) is 5.74. The van der Waals surface area contributed by atoms with Crippen LogP contribution in [-0.2, 0) is 14.3 Å². The number of likely N-dealkylation sites (tertiary alicyclic amines) is 2.